The number of carbonyl (C=O) groups is 2. The first-order valence-corrected chi connectivity index (χ1v) is 4.84. The Labute approximate surface area is 107 Å². The Morgan fingerprint density at radius 3 is 1.74 bits per heavy atom. The molecule has 0 aliphatic heterocycles. The molecule has 0 atom stereocenters. The van der Waals surface area contributed by atoms with E-state index in [9.17, 15) is 35.9 Å². The summed E-state index contributed by atoms with van der Waals surface area (Å²) in [5.74, 6) is 0. The molecule has 0 saturated heterocycles. The average molecular weight is 305 g/mol. The number of rotatable bonds is 2. The van der Waals surface area contributed by atoms with E-state index in [4.69, 9.17) is 11.6 Å². The van der Waals surface area contributed by atoms with Gasteiger partial charge < -0.3 is 0 Å². The summed E-state index contributed by atoms with van der Waals surface area (Å²) in [7, 11) is 0. The summed E-state index contributed by atoms with van der Waals surface area (Å²) < 4.78 is 75.2. The molecule has 0 bridgehead atoms. The predicted octanol–water partition coefficient (Wildman–Crippen LogP) is 3.92. The summed E-state index contributed by atoms with van der Waals surface area (Å²) in [6.07, 6.45) is -10.7. The molecule has 0 aliphatic carbocycles. The fourth-order valence-corrected chi connectivity index (χ4v) is 1.64. The van der Waals surface area contributed by atoms with Crippen LogP contribution in [-0.2, 0) is 12.4 Å². The highest BCUT2D eigenvalue weighted by Gasteiger charge is 2.41. The van der Waals surface area contributed by atoms with Gasteiger partial charge in [-0.25, -0.2) is 0 Å². The molecule has 1 aromatic rings. The molecule has 0 aliphatic rings. The number of halogens is 7. The molecule has 1 aromatic carbocycles. The van der Waals surface area contributed by atoms with Gasteiger partial charge in [-0.05, 0) is 23.7 Å². The van der Waals surface area contributed by atoms with Gasteiger partial charge in [-0.2, -0.15) is 26.3 Å². The van der Waals surface area contributed by atoms with Crippen LogP contribution in [0.1, 0.15) is 31.8 Å². The maximum atomic E-state index is 12.5. The van der Waals surface area contributed by atoms with E-state index < -0.39 is 46.1 Å². The standard InChI is InChI=1S/C10H3ClF6O2/c11-8(19)7-4(3-18)5(9(12,13)14)1-2-6(7)10(15,16)17/h1-3H. The number of aldehydes is 1. The summed E-state index contributed by atoms with van der Waals surface area (Å²) in [6.45, 7) is 0. The third-order valence-corrected chi connectivity index (χ3v) is 2.36. The van der Waals surface area contributed by atoms with Gasteiger partial charge >= 0.3 is 12.4 Å². The van der Waals surface area contributed by atoms with E-state index >= 15 is 0 Å². The van der Waals surface area contributed by atoms with Gasteiger partial charge in [0.2, 0.25) is 0 Å². The third kappa shape index (κ3) is 3.06. The van der Waals surface area contributed by atoms with Crippen molar-refractivity contribution in [3.8, 4) is 0 Å². The van der Waals surface area contributed by atoms with E-state index in [1.807, 2.05) is 0 Å². The van der Waals surface area contributed by atoms with Gasteiger partial charge in [0.1, 0.15) is 0 Å². The van der Waals surface area contributed by atoms with Crippen molar-refractivity contribution in [2.24, 2.45) is 0 Å². The van der Waals surface area contributed by atoms with Crippen LogP contribution in [-0.4, -0.2) is 11.5 Å². The molecule has 0 fully saturated rings. The van der Waals surface area contributed by atoms with Crippen LogP contribution in [0, 0.1) is 0 Å². The maximum absolute atomic E-state index is 12.5. The lowest BCUT2D eigenvalue weighted by Gasteiger charge is -2.16. The zero-order valence-corrected chi connectivity index (χ0v) is 9.45. The first kappa shape index (κ1) is 15.5. The molecule has 19 heavy (non-hydrogen) atoms. The van der Waals surface area contributed by atoms with Crippen LogP contribution in [0.25, 0.3) is 0 Å². The second kappa shape index (κ2) is 4.84. The topological polar surface area (TPSA) is 34.1 Å². The van der Waals surface area contributed by atoms with Crippen molar-refractivity contribution >= 4 is 23.1 Å². The van der Waals surface area contributed by atoms with Crippen LogP contribution in [0.5, 0.6) is 0 Å². The second-order valence-corrected chi connectivity index (χ2v) is 3.68. The van der Waals surface area contributed by atoms with E-state index in [0.29, 0.717) is 0 Å². The van der Waals surface area contributed by atoms with E-state index in [2.05, 4.69) is 0 Å². The number of carbonyl (C=O) groups excluding carboxylic acids is 2. The van der Waals surface area contributed by atoms with Crippen molar-refractivity contribution in [1.82, 2.24) is 0 Å². The van der Waals surface area contributed by atoms with Gasteiger partial charge in [0.05, 0.1) is 16.7 Å². The maximum Gasteiger partial charge on any atom is 0.417 e. The molecule has 0 saturated carbocycles. The summed E-state index contributed by atoms with van der Waals surface area (Å²) in [5.41, 5.74) is -6.27. The van der Waals surface area contributed by atoms with Crippen LogP contribution in [0.15, 0.2) is 12.1 Å². The third-order valence-electron chi connectivity index (χ3n) is 2.17. The molecular weight excluding hydrogens is 302 g/mol. The molecule has 0 heterocycles. The Morgan fingerprint density at radius 1 is 1.00 bits per heavy atom. The summed E-state index contributed by atoms with van der Waals surface area (Å²) >= 11 is 4.86. The van der Waals surface area contributed by atoms with Crippen molar-refractivity contribution in [2.75, 3.05) is 0 Å². The van der Waals surface area contributed by atoms with Crippen molar-refractivity contribution in [3.63, 3.8) is 0 Å². The van der Waals surface area contributed by atoms with E-state index in [1.54, 1.807) is 0 Å². The minimum absolute atomic E-state index is 0.0609. The van der Waals surface area contributed by atoms with Crippen molar-refractivity contribution in [3.05, 3.63) is 34.4 Å². The van der Waals surface area contributed by atoms with Gasteiger partial charge in [-0.1, -0.05) is 0 Å². The Bertz CT molecular complexity index is 532. The van der Waals surface area contributed by atoms with Crippen LogP contribution in [0.2, 0.25) is 0 Å². The molecule has 0 unspecified atom stereocenters. The van der Waals surface area contributed by atoms with Crippen molar-refractivity contribution < 1.29 is 35.9 Å². The van der Waals surface area contributed by atoms with Gasteiger partial charge in [-0.3, -0.25) is 9.59 Å². The number of alkyl halides is 6. The van der Waals surface area contributed by atoms with E-state index in [1.165, 1.54) is 0 Å². The quantitative estimate of drug-likeness (QED) is 0.471. The Kier molecular flexibility index (Phi) is 3.94. The van der Waals surface area contributed by atoms with Gasteiger partial charge in [-0.15, -0.1) is 0 Å². The van der Waals surface area contributed by atoms with Gasteiger partial charge in [0.25, 0.3) is 5.24 Å². The Morgan fingerprint density at radius 2 is 1.42 bits per heavy atom. The van der Waals surface area contributed by atoms with Crippen molar-refractivity contribution in [2.45, 2.75) is 12.4 Å². The summed E-state index contributed by atoms with van der Waals surface area (Å²) in [4.78, 5) is 21.5. The minimum Gasteiger partial charge on any atom is -0.298 e. The average Bonchev–Trinajstić information content (AvgIpc) is 2.24. The van der Waals surface area contributed by atoms with Crippen LogP contribution in [0.3, 0.4) is 0 Å². The van der Waals surface area contributed by atoms with Crippen molar-refractivity contribution in [1.29, 1.82) is 0 Å². The van der Waals surface area contributed by atoms with Gasteiger partial charge in [0.15, 0.2) is 6.29 Å². The predicted molar refractivity (Wildman–Crippen MR) is 52.0 cm³/mol. The smallest absolute Gasteiger partial charge is 0.298 e. The number of benzene rings is 1. The highest BCUT2D eigenvalue weighted by Crippen LogP contribution is 2.39. The lowest BCUT2D eigenvalue weighted by molar-refractivity contribution is -0.141. The molecular formula is C10H3ClF6O2. The fourth-order valence-electron chi connectivity index (χ4n) is 1.44. The zero-order valence-electron chi connectivity index (χ0n) is 8.69. The number of hydrogen-bond acceptors (Lipinski definition) is 2. The highest BCUT2D eigenvalue weighted by atomic mass is 35.5. The largest absolute Gasteiger partial charge is 0.417 e. The number of hydrogen-bond donors (Lipinski definition) is 0. The Hall–Kier alpha value is -1.57. The van der Waals surface area contributed by atoms with Crippen LogP contribution < -0.4 is 0 Å². The molecule has 0 amide bonds. The molecule has 1 rings (SSSR count). The van der Waals surface area contributed by atoms with E-state index in [0.717, 1.165) is 0 Å². The summed E-state index contributed by atoms with van der Waals surface area (Å²) in [6, 6.07) is 0.140. The van der Waals surface area contributed by atoms with Crippen LogP contribution >= 0.6 is 11.6 Å². The molecule has 0 aromatic heterocycles. The molecule has 9 heteroatoms. The zero-order chi connectivity index (χ0) is 15.0. The minimum atomic E-state index is -5.11. The van der Waals surface area contributed by atoms with E-state index in [-0.39, 0.29) is 12.1 Å². The summed E-state index contributed by atoms with van der Waals surface area (Å²) in [5, 5.41) is -1.79. The van der Waals surface area contributed by atoms with Crippen LogP contribution in [0.4, 0.5) is 26.3 Å². The SMILES string of the molecule is O=Cc1c(C(F)(F)F)ccc(C(F)(F)F)c1C(=O)Cl. The first-order chi connectivity index (χ1) is 8.50. The molecule has 104 valence electrons. The lowest BCUT2D eigenvalue weighted by Crippen LogP contribution is -2.18. The fraction of sp³-hybridized carbons (Fsp3) is 0.200. The Balaban J connectivity index is 3.77. The molecule has 0 N–H and O–H groups in total. The molecule has 2 nitrogen and oxygen atoms in total. The monoisotopic (exact) mass is 304 g/mol. The lowest BCUT2D eigenvalue weighted by atomic mass is 9.96. The first-order valence-electron chi connectivity index (χ1n) is 4.46. The molecule has 0 spiro atoms. The van der Waals surface area contributed by atoms with Gasteiger partial charge in [0, 0.05) is 5.56 Å². The molecule has 0 radical (unpaired) electrons. The highest BCUT2D eigenvalue weighted by molar-refractivity contribution is 6.68. The normalized spacial score (nSPS) is 12.4. The second-order valence-electron chi connectivity index (χ2n) is 3.34.